The minimum atomic E-state index is -0.0362. The van der Waals surface area contributed by atoms with E-state index in [9.17, 15) is 4.79 Å². The molecule has 4 heteroatoms. The molecule has 18 heavy (non-hydrogen) atoms. The third-order valence-electron chi connectivity index (χ3n) is 4.23. The average Bonchev–Trinajstić information content (AvgIpc) is 2.39. The molecule has 1 rings (SSSR count). The molecule has 0 aromatic rings. The molecule has 0 spiro atoms. The molecular formula is C14H29N3O. The van der Waals surface area contributed by atoms with Crippen LogP contribution in [0, 0.1) is 5.92 Å². The zero-order valence-corrected chi connectivity index (χ0v) is 12.4. The second-order valence-electron chi connectivity index (χ2n) is 5.44. The van der Waals surface area contributed by atoms with Crippen molar-refractivity contribution >= 4 is 5.91 Å². The van der Waals surface area contributed by atoms with Gasteiger partial charge in [0.15, 0.2) is 0 Å². The summed E-state index contributed by atoms with van der Waals surface area (Å²) in [6.07, 6.45) is 2.29. The van der Waals surface area contributed by atoms with Crippen LogP contribution in [0.2, 0.25) is 0 Å². The van der Waals surface area contributed by atoms with E-state index in [2.05, 4.69) is 11.8 Å². The minimum Gasteiger partial charge on any atom is -0.342 e. The van der Waals surface area contributed by atoms with Gasteiger partial charge in [0.2, 0.25) is 5.91 Å². The van der Waals surface area contributed by atoms with E-state index in [-0.39, 0.29) is 11.9 Å². The molecule has 1 amide bonds. The molecule has 0 aromatic carbocycles. The zero-order chi connectivity index (χ0) is 13.7. The summed E-state index contributed by atoms with van der Waals surface area (Å²) in [5.41, 5.74) is 5.87. The molecule has 0 aliphatic carbocycles. The SMILES string of the molecule is CCN(CC)C(=O)C(C)N1CCC(C)CC1CN. The van der Waals surface area contributed by atoms with Gasteiger partial charge in [0, 0.05) is 25.7 Å². The van der Waals surface area contributed by atoms with Crippen LogP contribution in [0.1, 0.15) is 40.5 Å². The third kappa shape index (κ3) is 3.45. The van der Waals surface area contributed by atoms with Crippen LogP contribution in [0.4, 0.5) is 0 Å². The summed E-state index contributed by atoms with van der Waals surface area (Å²) in [6, 6.07) is 0.328. The summed E-state index contributed by atoms with van der Waals surface area (Å²) in [6.45, 7) is 11.6. The number of likely N-dealkylation sites (tertiary alicyclic amines) is 1. The largest absolute Gasteiger partial charge is 0.342 e. The predicted molar refractivity (Wildman–Crippen MR) is 75.3 cm³/mol. The summed E-state index contributed by atoms with van der Waals surface area (Å²) >= 11 is 0. The number of hydrogen-bond donors (Lipinski definition) is 1. The van der Waals surface area contributed by atoms with Gasteiger partial charge in [0.1, 0.15) is 0 Å². The fraction of sp³-hybridized carbons (Fsp3) is 0.929. The highest BCUT2D eigenvalue weighted by Gasteiger charge is 2.33. The number of likely N-dealkylation sites (N-methyl/N-ethyl adjacent to an activating group) is 1. The van der Waals surface area contributed by atoms with Gasteiger partial charge in [-0.3, -0.25) is 9.69 Å². The molecule has 1 fully saturated rings. The van der Waals surface area contributed by atoms with Gasteiger partial charge in [-0.25, -0.2) is 0 Å². The molecule has 4 nitrogen and oxygen atoms in total. The Hall–Kier alpha value is -0.610. The predicted octanol–water partition coefficient (Wildman–Crippen LogP) is 1.30. The minimum absolute atomic E-state index is 0.0362. The fourth-order valence-corrected chi connectivity index (χ4v) is 2.95. The van der Waals surface area contributed by atoms with E-state index < -0.39 is 0 Å². The van der Waals surface area contributed by atoms with Crippen molar-refractivity contribution in [2.75, 3.05) is 26.2 Å². The standard InChI is InChI=1S/C14H29N3O/c1-5-16(6-2)14(18)12(4)17-8-7-11(3)9-13(17)10-15/h11-13H,5-10,15H2,1-4H3. The van der Waals surface area contributed by atoms with Crippen molar-refractivity contribution in [3.63, 3.8) is 0 Å². The van der Waals surface area contributed by atoms with Crippen LogP contribution in [0.25, 0.3) is 0 Å². The molecule has 1 saturated heterocycles. The lowest BCUT2D eigenvalue weighted by atomic mass is 9.91. The molecule has 0 saturated carbocycles. The van der Waals surface area contributed by atoms with Gasteiger partial charge in [-0.2, -0.15) is 0 Å². The number of hydrogen-bond acceptors (Lipinski definition) is 3. The number of nitrogens with two attached hydrogens (primary N) is 1. The first kappa shape index (κ1) is 15.4. The smallest absolute Gasteiger partial charge is 0.239 e. The lowest BCUT2D eigenvalue weighted by Gasteiger charge is -2.42. The van der Waals surface area contributed by atoms with Gasteiger partial charge >= 0.3 is 0 Å². The van der Waals surface area contributed by atoms with Gasteiger partial charge in [-0.05, 0) is 46.1 Å². The Kier molecular flexibility index (Phi) is 6.09. The average molecular weight is 255 g/mol. The first-order valence-electron chi connectivity index (χ1n) is 7.29. The zero-order valence-electron chi connectivity index (χ0n) is 12.4. The van der Waals surface area contributed by atoms with Crippen LogP contribution >= 0.6 is 0 Å². The van der Waals surface area contributed by atoms with E-state index in [1.807, 2.05) is 25.7 Å². The Morgan fingerprint density at radius 3 is 2.56 bits per heavy atom. The van der Waals surface area contributed by atoms with E-state index in [4.69, 9.17) is 5.73 Å². The maximum atomic E-state index is 12.4. The molecule has 0 aromatic heterocycles. The molecule has 2 N–H and O–H groups in total. The number of amides is 1. The molecule has 0 radical (unpaired) electrons. The molecule has 0 bridgehead atoms. The maximum Gasteiger partial charge on any atom is 0.239 e. The van der Waals surface area contributed by atoms with Gasteiger partial charge in [0.25, 0.3) is 0 Å². The van der Waals surface area contributed by atoms with Crippen LogP contribution in [-0.4, -0.2) is 54.0 Å². The number of carbonyl (C=O) groups excluding carboxylic acids is 1. The lowest BCUT2D eigenvalue weighted by molar-refractivity contribution is -0.137. The van der Waals surface area contributed by atoms with Crippen molar-refractivity contribution in [2.24, 2.45) is 11.7 Å². The Morgan fingerprint density at radius 2 is 2.06 bits per heavy atom. The summed E-state index contributed by atoms with van der Waals surface area (Å²) in [5, 5.41) is 0. The first-order valence-corrected chi connectivity index (χ1v) is 7.29. The second-order valence-corrected chi connectivity index (χ2v) is 5.44. The second kappa shape index (κ2) is 7.10. The quantitative estimate of drug-likeness (QED) is 0.805. The molecule has 3 atom stereocenters. The molecule has 106 valence electrons. The topological polar surface area (TPSA) is 49.6 Å². The molecule has 1 aliphatic rings. The Balaban J connectivity index is 2.69. The molecular weight excluding hydrogens is 226 g/mol. The van der Waals surface area contributed by atoms with Crippen LogP contribution in [0.5, 0.6) is 0 Å². The van der Waals surface area contributed by atoms with Crippen LogP contribution in [-0.2, 0) is 4.79 Å². The van der Waals surface area contributed by atoms with Gasteiger partial charge in [0.05, 0.1) is 6.04 Å². The summed E-state index contributed by atoms with van der Waals surface area (Å²) in [7, 11) is 0. The van der Waals surface area contributed by atoms with Gasteiger partial charge < -0.3 is 10.6 Å². The van der Waals surface area contributed by atoms with Crippen molar-refractivity contribution in [3.05, 3.63) is 0 Å². The van der Waals surface area contributed by atoms with Crippen molar-refractivity contribution in [3.8, 4) is 0 Å². The number of carbonyl (C=O) groups is 1. The number of nitrogens with zero attached hydrogens (tertiary/aromatic N) is 2. The van der Waals surface area contributed by atoms with Crippen LogP contribution in [0.3, 0.4) is 0 Å². The summed E-state index contributed by atoms with van der Waals surface area (Å²) in [4.78, 5) is 16.6. The summed E-state index contributed by atoms with van der Waals surface area (Å²) in [5.74, 6) is 0.971. The van der Waals surface area contributed by atoms with Gasteiger partial charge in [-0.15, -0.1) is 0 Å². The van der Waals surface area contributed by atoms with E-state index in [1.54, 1.807) is 0 Å². The number of piperidine rings is 1. The first-order chi connectivity index (χ1) is 8.54. The Bertz CT molecular complexity index is 266. The number of rotatable bonds is 5. The fourth-order valence-electron chi connectivity index (χ4n) is 2.95. The normalized spacial score (nSPS) is 26.9. The third-order valence-corrected chi connectivity index (χ3v) is 4.23. The highest BCUT2D eigenvalue weighted by Crippen LogP contribution is 2.24. The molecule has 1 heterocycles. The van der Waals surface area contributed by atoms with E-state index in [0.29, 0.717) is 12.6 Å². The highest BCUT2D eigenvalue weighted by atomic mass is 16.2. The highest BCUT2D eigenvalue weighted by molar-refractivity contribution is 5.81. The molecule has 3 unspecified atom stereocenters. The monoisotopic (exact) mass is 255 g/mol. The van der Waals surface area contributed by atoms with Crippen LogP contribution in [0.15, 0.2) is 0 Å². The van der Waals surface area contributed by atoms with E-state index >= 15 is 0 Å². The van der Waals surface area contributed by atoms with Crippen LogP contribution < -0.4 is 5.73 Å². The van der Waals surface area contributed by atoms with Crippen molar-refractivity contribution in [1.82, 2.24) is 9.80 Å². The lowest BCUT2D eigenvalue weighted by Crippen LogP contribution is -2.55. The Morgan fingerprint density at radius 1 is 1.44 bits per heavy atom. The molecule has 1 aliphatic heterocycles. The van der Waals surface area contributed by atoms with Gasteiger partial charge in [-0.1, -0.05) is 6.92 Å². The Labute approximate surface area is 111 Å². The van der Waals surface area contributed by atoms with Crippen molar-refractivity contribution in [2.45, 2.75) is 52.6 Å². The maximum absolute atomic E-state index is 12.4. The van der Waals surface area contributed by atoms with Crippen molar-refractivity contribution < 1.29 is 4.79 Å². The van der Waals surface area contributed by atoms with E-state index in [1.165, 1.54) is 6.42 Å². The van der Waals surface area contributed by atoms with E-state index in [0.717, 1.165) is 32.0 Å². The summed E-state index contributed by atoms with van der Waals surface area (Å²) < 4.78 is 0. The van der Waals surface area contributed by atoms with Crippen molar-refractivity contribution in [1.29, 1.82) is 0 Å².